The monoisotopic (exact) mass is 499 g/mol. The summed E-state index contributed by atoms with van der Waals surface area (Å²) >= 11 is 0. The number of rotatable bonds is 12. The van der Waals surface area contributed by atoms with E-state index in [1.807, 2.05) is 36.4 Å². The van der Waals surface area contributed by atoms with Gasteiger partial charge in [0.15, 0.2) is 5.82 Å². The molecule has 4 rings (SSSR count). The molecule has 0 aliphatic carbocycles. The minimum absolute atomic E-state index is 0.432. The van der Waals surface area contributed by atoms with Gasteiger partial charge in [0.05, 0.1) is 5.69 Å². The van der Waals surface area contributed by atoms with Gasteiger partial charge < -0.3 is 20.4 Å². The number of hydrogen-bond donors (Lipinski definition) is 3. The van der Waals surface area contributed by atoms with Gasteiger partial charge in [0, 0.05) is 31.4 Å². The second-order valence-electron chi connectivity index (χ2n) is 9.34. The summed E-state index contributed by atoms with van der Waals surface area (Å²) in [5, 5.41) is 14.1. The largest absolute Gasteiger partial charge is 0.340 e. The Balaban J connectivity index is 1.62. The van der Waals surface area contributed by atoms with Crippen LogP contribution in [0.1, 0.15) is 31.4 Å². The Morgan fingerprint density at radius 2 is 1.62 bits per heavy atom. The van der Waals surface area contributed by atoms with E-state index >= 15 is 0 Å². The molecule has 2 aromatic heterocycles. The first kappa shape index (κ1) is 26.1. The lowest BCUT2D eigenvalue weighted by Gasteiger charge is -2.23. The standard InChI is InChI=1S/C28H37N9/c1-6-11-21-14-15-23(18-20(21)3)29-26-31-27(33-28(32-26)37(7-2)17-16-36(4)5)30-25-19-24(34-35-25)22-12-9-8-10-13-22/h8-10,12-15,18-19H,6-7,11,16-17H2,1-5H3,(H3,29,30,31,32,33,34,35). The number of anilines is 5. The molecule has 0 spiro atoms. The second-order valence-corrected chi connectivity index (χ2v) is 9.34. The van der Waals surface area contributed by atoms with E-state index in [1.165, 1.54) is 11.1 Å². The topological polar surface area (TPSA) is 97.9 Å². The molecule has 0 amide bonds. The highest BCUT2D eigenvalue weighted by Crippen LogP contribution is 2.24. The third-order valence-corrected chi connectivity index (χ3v) is 6.13. The summed E-state index contributed by atoms with van der Waals surface area (Å²) in [6.45, 7) is 8.92. The van der Waals surface area contributed by atoms with Gasteiger partial charge in [-0.15, -0.1) is 0 Å². The van der Waals surface area contributed by atoms with Crippen LogP contribution in [0.4, 0.5) is 29.4 Å². The van der Waals surface area contributed by atoms with Gasteiger partial charge in [-0.25, -0.2) is 0 Å². The van der Waals surface area contributed by atoms with Crippen molar-refractivity contribution in [1.82, 2.24) is 30.0 Å². The van der Waals surface area contributed by atoms with Crippen LogP contribution in [0.15, 0.2) is 54.6 Å². The van der Waals surface area contributed by atoms with Crippen molar-refractivity contribution < 1.29 is 0 Å². The van der Waals surface area contributed by atoms with Gasteiger partial charge in [0.1, 0.15) is 0 Å². The molecule has 0 unspecified atom stereocenters. The fourth-order valence-corrected chi connectivity index (χ4v) is 4.06. The first-order valence-electron chi connectivity index (χ1n) is 12.8. The van der Waals surface area contributed by atoms with E-state index in [1.54, 1.807) is 0 Å². The molecule has 37 heavy (non-hydrogen) atoms. The lowest BCUT2D eigenvalue weighted by Crippen LogP contribution is -2.33. The molecule has 0 bridgehead atoms. The Kier molecular flexibility index (Phi) is 8.68. The van der Waals surface area contributed by atoms with E-state index in [4.69, 9.17) is 9.97 Å². The van der Waals surface area contributed by atoms with E-state index in [0.717, 1.165) is 49.4 Å². The molecule has 9 heteroatoms. The van der Waals surface area contributed by atoms with Crippen LogP contribution in [0.25, 0.3) is 11.3 Å². The predicted molar refractivity (Wildman–Crippen MR) is 152 cm³/mol. The predicted octanol–water partition coefficient (Wildman–Crippen LogP) is 5.40. The molecule has 2 heterocycles. The summed E-state index contributed by atoms with van der Waals surface area (Å²) in [6, 6.07) is 18.4. The zero-order valence-electron chi connectivity index (χ0n) is 22.4. The zero-order valence-corrected chi connectivity index (χ0v) is 22.4. The first-order valence-corrected chi connectivity index (χ1v) is 12.8. The van der Waals surface area contributed by atoms with Gasteiger partial charge >= 0.3 is 0 Å². The van der Waals surface area contributed by atoms with Crippen LogP contribution in [-0.2, 0) is 6.42 Å². The number of hydrogen-bond acceptors (Lipinski definition) is 8. The summed E-state index contributed by atoms with van der Waals surface area (Å²) in [5.41, 5.74) is 5.54. The summed E-state index contributed by atoms with van der Waals surface area (Å²) in [6.07, 6.45) is 2.19. The third-order valence-electron chi connectivity index (χ3n) is 6.13. The number of nitrogens with zero attached hydrogens (tertiary/aromatic N) is 6. The molecule has 2 aromatic carbocycles. The molecule has 0 fully saturated rings. The Morgan fingerprint density at radius 3 is 2.30 bits per heavy atom. The van der Waals surface area contributed by atoms with Gasteiger partial charge in [-0.05, 0) is 63.2 Å². The van der Waals surface area contributed by atoms with Crippen molar-refractivity contribution in [2.24, 2.45) is 0 Å². The Morgan fingerprint density at radius 1 is 0.865 bits per heavy atom. The highest BCUT2D eigenvalue weighted by Gasteiger charge is 2.15. The van der Waals surface area contributed by atoms with Crippen LogP contribution >= 0.6 is 0 Å². The second kappa shape index (κ2) is 12.3. The van der Waals surface area contributed by atoms with Crippen LogP contribution in [0.3, 0.4) is 0 Å². The van der Waals surface area contributed by atoms with Crippen molar-refractivity contribution in [3.05, 3.63) is 65.7 Å². The normalized spacial score (nSPS) is 11.1. The van der Waals surface area contributed by atoms with E-state index in [9.17, 15) is 0 Å². The van der Waals surface area contributed by atoms with Crippen molar-refractivity contribution in [3.63, 3.8) is 0 Å². The van der Waals surface area contributed by atoms with E-state index in [2.05, 4.69) is 88.7 Å². The summed E-state index contributed by atoms with van der Waals surface area (Å²) in [4.78, 5) is 18.5. The average Bonchev–Trinajstić information content (AvgIpc) is 3.35. The van der Waals surface area contributed by atoms with Crippen LogP contribution in [-0.4, -0.2) is 63.8 Å². The average molecular weight is 500 g/mol. The van der Waals surface area contributed by atoms with Crippen LogP contribution in [0.2, 0.25) is 0 Å². The zero-order chi connectivity index (χ0) is 26.2. The fraction of sp³-hybridized carbons (Fsp3) is 0.357. The molecule has 0 aliphatic rings. The minimum Gasteiger partial charge on any atom is -0.340 e. The van der Waals surface area contributed by atoms with Crippen LogP contribution in [0, 0.1) is 6.92 Å². The maximum absolute atomic E-state index is 4.77. The quantitative estimate of drug-likeness (QED) is 0.238. The summed E-state index contributed by atoms with van der Waals surface area (Å²) in [7, 11) is 4.13. The van der Waals surface area contributed by atoms with Gasteiger partial charge in [0.25, 0.3) is 0 Å². The van der Waals surface area contributed by atoms with Gasteiger partial charge in [-0.3, -0.25) is 5.10 Å². The molecule has 0 atom stereocenters. The van der Waals surface area contributed by atoms with Crippen molar-refractivity contribution >= 4 is 29.4 Å². The molecule has 0 saturated carbocycles. The van der Waals surface area contributed by atoms with Crippen LogP contribution in [0.5, 0.6) is 0 Å². The number of benzene rings is 2. The summed E-state index contributed by atoms with van der Waals surface area (Å²) in [5.74, 6) is 2.17. The molecule has 0 saturated heterocycles. The van der Waals surface area contributed by atoms with Crippen LogP contribution < -0.4 is 15.5 Å². The third kappa shape index (κ3) is 7.04. The minimum atomic E-state index is 0.432. The van der Waals surface area contributed by atoms with Gasteiger partial charge in [-0.1, -0.05) is 49.7 Å². The Bertz CT molecular complexity index is 1280. The molecular formula is C28H37N9. The van der Waals surface area contributed by atoms with Crippen molar-refractivity contribution in [3.8, 4) is 11.3 Å². The van der Waals surface area contributed by atoms with E-state index in [0.29, 0.717) is 23.7 Å². The Hall–Kier alpha value is -3.98. The molecule has 9 nitrogen and oxygen atoms in total. The molecule has 4 aromatic rings. The highest BCUT2D eigenvalue weighted by atomic mass is 15.3. The molecular weight excluding hydrogens is 462 g/mol. The number of aromatic amines is 1. The van der Waals surface area contributed by atoms with Gasteiger partial charge in [-0.2, -0.15) is 20.1 Å². The maximum atomic E-state index is 4.77. The molecule has 3 N–H and O–H groups in total. The SMILES string of the molecule is CCCc1ccc(Nc2nc(Nc3cc(-c4ccccc4)[nH]n3)nc(N(CC)CCN(C)C)n2)cc1C. The van der Waals surface area contributed by atoms with Crippen molar-refractivity contribution in [2.75, 3.05) is 49.3 Å². The maximum Gasteiger partial charge on any atom is 0.235 e. The molecule has 0 aliphatic heterocycles. The summed E-state index contributed by atoms with van der Waals surface area (Å²) < 4.78 is 0. The van der Waals surface area contributed by atoms with E-state index < -0.39 is 0 Å². The number of aryl methyl sites for hydroxylation is 2. The van der Waals surface area contributed by atoms with Gasteiger partial charge in [0.2, 0.25) is 17.8 Å². The fourth-order valence-electron chi connectivity index (χ4n) is 4.06. The molecule has 194 valence electrons. The van der Waals surface area contributed by atoms with Crippen molar-refractivity contribution in [2.45, 2.75) is 33.6 Å². The number of H-pyrrole nitrogens is 1. The lowest BCUT2D eigenvalue weighted by atomic mass is 10.0. The van der Waals surface area contributed by atoms with E-state index in [-0.39, 0.29) is 0 Å². The van der Waals surface area contributed by atoms with Crippen molar-refractivity contribution in [1.29, 1.82) is 0 Å². The first-order chi connectivity index (χ1) is 17.9. The Labute approximate surface area is 219 Å². The number of nitrogens with one attached hydrogen (secondary N) is 3. The molecule has 0 radical (unpaired) electrons. The highest BCUT2D eigenvalue weighted by molar-refractivity contribution is 5.65. The smallest absolute Gasteiger partial charge is 0.235 e. The number of aromatic nitrogens is 5. The lowest BCUT2D eigenvalue weighted by molar-refractivity contribution is 0.413. The number of likely N-dealkylation sites (N-methyl/N-ethyl adjacent to an activating group) is 2.